The van der Waals surface area contributed by atoms with Gasteiger partial charge in [0.15, 0.2) is 16.6 Å². The lowest BCUT2D eigenvalue weighted by atomic mass is 10.1. The Morgan fingerprint density at radius 1 is 1.05 bits per heavy atom. The molecule has 0 aliphatic carbocycles. The normalized spacial score (nSPS) is 14.1. The SMILES string of the molecule is CCOc1cc(C(=O)N(CCN2CCOCC2)c2nc3c(C)cc(Cl)cc3s2)cc(OCC)c1OCC. The molecular weight excluding hydrogens is 514 g/mol. The number of morpholine rings is 1. The van der Waals surface area contributed by atoms with Gasteiger partial charge < -0.3 is 18.9 Å². The van der Waals surface area contributed by atoms with Crippen LogP contribution in [0.5, 0.6) is 17.2 Å². The molecule has 2 aromatic carbocycles. The smallest absolute Gasteiger partial charge is 0.260 e. The number of benzene rings is 2. The lowest BCUT2D eigenvalue weighted by Gasteiger charge is -2.29. The summed E-state index contributed by atoms with van der Waals surface area (Å²) in [5.41, 5.74) is 2.28. The van der Waals surface area contributed by atoms with Crippen molar-refractivity contribution in [1.29, 1.82) is 0 Å². The molecule has 0 N–H and O–H groups in total. The highest BCUT2D eigenvalue weighted by Crippen LogP contribution is 2.40. The second kappa shape index (κ2) is 12.8. The van der Waals surface area contributed by atoms with E-state index < -0.39 is 0 Å². The summed E-state index contributed by atoms with van der Waals surface area (Å²) in [6.07, 6.45) is 0. The fourth-order valence-corrected chi connectivity index (χ4v) is 5.72. The van der Waals surface area contributed by atoms with Crippen molar-refractivity contribution in [2.24, 2.45) is 0 Å². The van der Waals surface area contributed by atoms with E-state index in [-0.39, 0.29) is 5.91 Å². The summed E-state index contributed by atoms with van der Waals surface area (Å²) in [5, 5.41) is 1.28. The Hall–Kier alpha value is -2.59. The minimum atomic E-state index is -0.180. The zero-order valence-electron chi connectivity index (χ0n) is 21.8. The number of anilines is 1. The molecule has 8 nitrogen and oxygen atoms in total. The van der Waals surface area contributed by atoms with Gasteiger partial charge >= 0.3 is 0 Å². The van der Waals surface area contributed by atoms with Gasteiger partial charge in [-0.05, 0) is 57.5 Å². The number of thiazole rings is 1. The van der Waals surface area contributed by atoms with Gasteiger partial charge in [0.1, 0.15) is 0 Å². The number of hydrogen-bond donors (Lipinski definition) is 0. The molecule has 0 atom stereocenters. The Bertz CT molecular complexity index is 1200. The molecule has 1 saturated heterocycles. The van der Waals surface area contributed by atoms with E-state index in [9.17, 15) is 4.79 Å². The van der Waals surface area contributed by atoms with E-state index in [0.717, 1.165) is 28.9 Å². The summed E-state index contributed by atoms with van der Waals surface area (Å²) >= 11 is 7.77. The number of halogens is 1. The molecule has 1 aliphatic heterocycles. The maximum Gasteiger partial charge on any atom is 0.260 e. The van der Waals surface area contributed by atoms with Gasteiger partial charge in [0.25, 0.3) is 5.91 Å². The van der Waals surface area contributed by atoms with Crippen LogP contribution in [0.1, 0.15) is 36.7 Å². The number of ether oxygens (including phenoxy) is 4. The third-order valence-corrected chi connectivity index (χ3v) is 7.26. The van der Waals surface area contributed by atoms with Gasteiger partial charge in [-0.2, -0.15) is 0 Å². The van der Waals surface area contributed by atoms with Crippen LogP contribution in [-0.2, 0) is 4.74 Å². The van der Waals surface area contributed by atoms with Crippen molar-refractivity contribution in [1.82, 2.24) is 9.88 Å². The minimum Gasteiger partial charge on any atom is -0.490 e. The van der Waals surface area contributed by atoms with E-state index in [0.29, 0.717) is 79.1 Å². The van der Waals surface area contributed by atoms with Gasteiger partial charge in [0, 0.05) is 36.8 Å². The minimum absolute atomic E-state index is 0.180. The standard InChI is InChI=1S/C27H34ClN3O5S/c1-5-34-21-15-19(16-22(35-6-2)25(21)36-7-3)26(32)31(9-8-30-10-12-33-13-11-30)27-29-24-18(4)14-20(28)17-23(24)37-27/h14-17H,5-13H2,1-4H3. The Morgan fingerprint density at radius 2 is 1.70 bits per heavy atom. The Labute approximate surface area is 227 Å². The molecule has 0 bridgehead atoms. The maximum absolute atomic E-state index is 14.1. The number of hydrogen-bond acceptors (Lipinski definition) is 8. The quantitative estimate of drug-likeness (QED) is 0.317. The first-order valence-electron chi connectivity index (χ1n) is 12.7. The summed E-state index contributed by atoms with van der Waals surface area (Å²) in [5.74, 6) is 1.30. The van der Waals surface area contributed by atoms with Gasteiger partial charge in [-0.25, -0.2) is 4.98 Å². The topological polar surface area (TPSA) is 73.4 Å². The van der Waals surface area contributed by atoms with Crippen LogP contribution >= 0.6 is 22.9 Å². The molecule has 0 radical (unpaired) electrons. The Balaban J connectivity index is 1.74. The number of amides is 1. The molecule has 10 heteroatoms. The van der Waals surface area contributed by atoms with Crippen LogP contribution in [0.15, 0.2) is 24.3 Å². The first-order valence-corrected chi connectivity index (χ1v) is 13.9. The molecule has 37 heavy (non-hydrogen) atoms. The van der Waals surface area contributed by atoms with Crippen LogP contribution in [0, 0.1) is 6.92 Å². The molecule has 1 aromatic heterocycles. The molecule has 0 spiro atoms. The highest BCUT2D eigenvalue weighted by molar-refractivity contribution is 7.22. The van der Waals surface area contributed by atoms with E-state index in [1.54, 1.807) is 17.0 Å². The molecule has 1 fully saturated rings. The van der Waals surface area contributed by atoms with Crippen LogP contribution in [-0.4, -0.2) is 75.0 Å². The van der Waals surface area contributed by atoms with Crippen molar-refractivity contribution >= 4 is 44.2 Å². The van der Waals surface area contributed by atoms with Crippen LogP contribution < -0.4 is 19.1 Å². The van der Waals surface area contributed by atoms with Gasteiger partial charge in [-0.15, -0.1) is 0 Å². The van der Waals surface area contributed by atoms with Crippen LogP contribution in [0.2, 0.25) is 5.02 Å². The second-order valence-corrected chi connectivity index (χ2v) is 10.0. The summed E-state index contributed by atoms with van der Waals surface area (Å²) in [4.78, 5) is 23.0. The molecule has 2 heterocycles. The van der Waals surface area contributed by atoms with Crippen LogP contribution in [0.25, 0.3) is 10.2 Å². The lowest BCUT2D eigenvalue weighted by molar-refractivity contribution is 0.0391. The molecule has 1 aliphatic rings. The van der Waals surface area contributed by atoms with Crippen molar-refractivity contribution in [3.63, 3.8) is 0 Å². The number of fused-ring (bicyclic) bond motifs is 1. The molecule has 3 aromatic rings. The predicted octanol–water partition coefficient (Wildman–Crippen LogP) is 5.43. The second-order valence-electron chi connectivity index (χ2n) is 8.58. The fourth-order valence-electron chi connectivity index (χ4n) is 4.28. The maximum atomic E-state index is 14.1. The van der Waals surface area contributed by atoms with Gasteiger partial charge in [0.05, 0.1) is 43.3 Å². The Kier molecular flexibility index (Phi) is 9.48. The van der Waals surface area contributed by atoms with E-state index in [1.165, 1.54) is 11.3 Å². The molecule has 1 amide bonds. The van der Waals surface area contributed by atoms with Crippen molar-refractivity contribution in [2.45, 2.75) is 27.7 Å². The first-order chi connectivity index (χ1) is 17.9. The average Bonchev–Trinajstić information content (AvgIpc) is 3.31. The monoisotopic (exact) mass is 547 g/mol. The highest BCUT2D eigenvalue weighted by atomic mass is 35.5. The van der Waals surface area contributed by atoms with E-state index >= 15 is 0 Å². The van der Waals surface area contributed by atoms with Crippen molar-refractivity contribution in [3.8, 4) is 17.2 Å². The van der Waals surface area contributed by atoms with Gasteiger partial charge in [-0.3, -0.25) is 14.6 Å². The molecule has 0 saturated carbocycles. The lowest BCUT2D eigenvalue weighted by Crippen LogP contribution is -2.43. The average molecular weight is 548 g/mol. The summed E-state index contributed by atoms with van der Waals surface area (Å²) in [6, 6.07) is 7.25. The van der Waals surface area contributed by atoms with E-state index in [4.69, 9.17) is 35.5 Å². The number of carbonyl (C=O) groups is 1. The first kappa shape index (κ1) is 27.4. The van der Waals surface area contributed by atoms with Gasteiger partial charge in [0.2, 0.25) is 5.75 Å². The number of carbonyl (C=O) groups excluding carboxylic acids is 1. The van der Waals surface area contributed by atoms with E-state index in [2.05, 4.69) is 4.90 Å². The third-order valence-electron chi connectivity index (χ3n) is 6.01. The van der Waals surface area contributed by atoms with Crippen molar-refractivity contribution in [3.05, 3.63) is 40.4 Å². The largest absolute Gasteiger partial charge is 0.490 e. The van der Waals surface area contributed by atoms with Crippen molar-refractivity contribution < 1.29 is 23.7 Å². The zero-order valence-corrected chi connectivity index (χ0v) is 23.4. The highest BCUT2D eigenvalue weighted by Gasteiger charge is 2.26. The summed E-state index contributed by atoms with van der Waals surface area (Å²) in [7, 11) is 0. The summed E-state index contributed by atoms with van der Waals surface area (Å²) < 4.78 is 24.0. The number of nitrogens with zero attached hydrogens (tertiary/aromatic N) is 3. The van der Waals surface area contributed by atoms with Crippen LogP contribution in [0.4, 0.5) is 5.13 Å². The predicted molar refractivity (Wildman–Crippen MR) is 148 cm³/mol. The number of rotatable bonds is 11. The number of aryl methyl sites for hydroxylation is 1. The molecule has 4 rings (SSSR count). The number of aromatic nitrogens is 1. The zero-order chi connectivity index (χ0) is 26.4. The fraction of sp³-hybridized carbons (Fsp3) is 0.481. The van der Waals surface area contributed by atoms with Crippen molar-refractivity contribution in [2.75, 3.05) is 64.1 Å². The molecular formula is C27H34ClN3O5S. The molecule has 0 unspecified atom stereocenters. The summed E-state index contributed by atoms with van der Waals surface area (Å²) in [6.45, 7) is 13.2. The van der Waals surface area contributed by atoms with E-state index in [1.807, 2.05) is 39.8 Å². The van der Waals surface area contributed by atoms with Crippen LogP contribution in [0.3, 0.4) is 0 Å². The van der Waals surface area contributed by atoms with Gasteiger partial charge in [-0.1, -0.05) is 22.9 Å². The third kappa shape index (κ3) is 6.46. The Morgan fingerprint density at radius 3 is 2.32 bits per heavy atom. The molecule has 200 valence electrons.